The molecule has 1 amide bonds. The number of fused-ring (bicyclic) bond motifs is 2. The molecule has 2 aromatic rings. The van der Waals surface area contributed by atoms with Crippen molar-refractivity contribution in [1.82, 2.24) is 4.90 Å². The molecular weight excluding hydrogens is 328 g/mol. The van der Waals surface area contributed by atoms with Gasteiger partial charge in [-0.05, 0) is 31.0 Å². The van der Waals surface area contributed by atoms with Gasteiger partial charge in [0, 0.05) is 17.7 Å². The summed E-state index contributed by atoms with van der Waals surface area (Å²) in [6.45, 7) is 1.94. The average Bonchev–Trinajstić information content (AvgIpc) is 2.91. The molecule has 1 saturated heterocycles. The van der Waals surface area contributed by atoms with Gasteiger partial charge >= 0.3 is 0 Å². The van der Waals surface area contributed by atoms with Gasteiger partial charge in [0.1, 0.15) is 24.0 Å². The number of hydrogen-bond acceptors (Lipinski definition) is 3. The van der Waals surface area contributed by atoms with Gasteiger partial charge in [-0.25, -0.2) is 8.78 Å². The van der Waals surface area contributed by atoms with Crippen molar-refractivity contribution < 1.29 is 23.4 Å². The molecule has 0 saturated carbocycles. The second-order valence-corrected chi connectivity index (χ2v) is 6.55. The third-order valence-electron chi connectivity index (χ3n) is 4.85. The highest BCUT2D eigenvalue weighted by Gasteiger charge is 2.40. The van der Waals surface area contributed by atoms with Crippen LogP contribution in [0.2, 0.25) is 0 Å². The molecule has 2 aliphatic heterocycles. The fourth-order valence-corrected chi connectivity index (χ4v) is 3.63. The Morgan fingerprint density at radius 2 is 2.00 bits per heavy atom. The summed E-state index contributed by atoms with van der Waals surface area (Å²) in [4.78, 5) is 14.6. The van der Waals surface area contributed by atoms with E-state index in [0.29, 0.717) is 6.42 Å². The molecular formula is C19H17F2NO3. The Morgan fingerprint density at radius 1 is 1.24 bits per heavy atom. The molecule has 0 aliphatic carbocycles. The van der Waals surface area contributed by atoms with Crippen LogP contribution in [0.15, 0.2) is 30.3 Å². The standard InChI is InChI=1S/C19H17F2NO3/c1-10-6-15-17(16(18(10)21)13-4-2-3-5-14(13)20)19(24)22-8-12(23)7-11(22)9-25-15/h2-6,11-12,23H,7-9H2,1H3/t11-,12+/m1/s1. The first-order valence-corrected chi connectivity index (χ1v) is 8.17. The third-order valence-corrected chi connectivity index (χ3v) is 4.85. The van der Waals surface area contributed by atoms with Gasteiger partial charge < -0.3 is 14.7 Å². The van der Waals surface area contributed by atoms with Gasteiger partial charge in [0.15, 0.2) is 0 Å². The van der Waals surface area contributed by atoms with Crippen molar-refractivity contribution in [2.24, 2.45) is 0 Å². The zero-order valence-electron chi connectivity index (χ0n) is 13.6. The van der Waals surface area contributed by atoms with Crippen molar-refractivity contribution in [1.29, 1.82) is 0 Å². The van der Waals surface area contributed by atoms with E-state index in [1.165, 1.54) is 29.2 Å². The second kappa shape index (κ2) is 5.81. The monoisotopic (exact) mass is 345 g/mol. The van der Waals surface area contributed by atoms with Gasteiger partial charge in [-0.2, -0.15) is 0 Å². The number of hydrogen-bond donors (Lipinski definition) is 1. The topological polar surface area (TPSA) is 49.8 Å². The minimum atomic E-state index is -0.640. The lowest BCUT2D eigenvalue weighted by Gasteiger charge is -2.21. The van der Waals surface area contributed by atoms with Crippen LogP contribution >= 0.6 is 0 Å². The van der Waals surface area contributed by atoms with Crippen LogP contribution in [0.5, 0.6) is 5.75 Å². The zero-order valence-corrected chi connectivity index (χ0v) is 13.6. The molecule has 2 heterocycles. The summed E-state index contributed by atoms with van der Waals surface area (Å²) < 4.78 is 35.0. The molecule has 1 N–H and O–H groups in total. The van der Waals surface area contributed by atoms with Crippen LogP contribution in [0.25, 0.3) is 11.1 Å². The van der Waals surface area contributed by atoms with Gasteiger partial charge in [0.25, 0.3) is 5.91 Å². The molecule has 2 atom stereocenters. The van der Waals surface area contributed by atoms with Crippen molar-refractivity contribution in [3.8, 4) is 16.9 Å². The number of rotatable bonds is 1. The summed E-state index contributed by atoms with van der Waals surface area (Å²) in [5.74, 6) is -1.43. The van der Waals surface area contributed by atoms with Crippen LogP contribution < -0.4 is 4.74 Å². The molecule has 4 nitrogen and oxygen atoms in total. The lowest BCUT2D eigenvalue weighted by atomic mass is 9.94. The highest BCUT2D eigenvalue weighted by molar-refractivity contribution is 6.04. The molecule has 0 bridgehead atoms. The Bertz CT molecular complexity index is 868. The molecule has 2 aliphatic rings. The van der Waals surface area contributed by atoms with Gasteiger partial charge in [-0.1, -0.05) is 18.2 Å². The predicted molar refractivity (Wildman–Crippen MR) is 87.5 cm³/mol. The number of aryl methyl sites for hydroxylation is 1. The number of carbonyl (C=O) groups excluding carboxylic acids is 1. The third kappa shape index (κ3) is 2.48. The molecule has 4 rings (SSSR count). The summed E-state index contributed by atoms with van der Waals surface area (Å²) in [6, 6.07) is 6.99. The van der Waals surface area contributed by atoms with Crippen molar-refractivity contribution in [2.45, 2.75) is 25.5 Å². The normalized spacial score (nSPS) is 22.2. The molecule has 0 radical (unpaired) electrons. The number of aliphatic hydroxyl groups is 1. The number of halogens is 2. The summed E-state index contributed by atoms with van der Waals surface area (Å²) in [6.07, 6.45) is -0.220. The zero-order chi connectivity index (χ0) is 17.7. The first-order valence-electron chi connectivity index (χ1n) is 8.17. The Labute approximate surface area is 143 Å². The van der Waals surface area contributed by atoms with Gasteiger partial charge in [0.2, 0.25) is 0 Å². The molecule has 1 fully saturated rings. The largest absolute Gasteiger partial charge is 0.491 e. The van der Waals surface area contributed by atoms with E-state index in [4.69, 9.17) is 4.74 Å². The van der Waals surface area contributed by atoms with E-state index in [2.05, 4.69) is 0 Å². The summed E-state index contributed by atoms with van der Waals surface area (Å²) in [7, 11) is 0. The fourth-order valence-electron chi connectivity index (χ4n) is 3.63. The first kappa shape index (κ1) is 16.0. The number of amides is 1. The lowest BCUT2D eigenvalue weighted by molar-refractivity contribution is 0.0710. The van der Waals surface area contributed by atoms with Crippen LogP contribution in [0.3, 0.4) is 0 Å². The quantitative estimate of drug-likeness (QED) is 0.865. The highest BCUT2D eigenvalue weighted by atomic mass is 19.1. The molecule has 0 unspecified atom stereocenters. The van der Waals surface area contributed by atoms with Gasteiger partial charge in [0.05, 0.1) is 17.7 Å². The van der Waals surface area contributed by atoms with E-state index in [9.17, 15) is 18.7 Å². The van der Waals surface area contributed by atoms with Crippen molar-refractivity contribution in [3.63, 3.8) is 0 Å². The van der Waals surface area contributed by atoms with Gasteiger partial charge in [-0.3, -0.25) is 4.79 Å². The Morgan fingerprint density at radius 3 is 2.76 bits per heavy atom. The van der Waals surface area contributed by atoms with E-state index < -0.39 is 23.6 Å². The number of nitrogens with zero attached hydrogens (tertiary/aromatic N) is 1. The average molecular weight is 345 g/mol. The molecule has 0 aromatic heterocycles. The van der Waals surface area contributed by atoms with Gasteiger partial charge in [-0.15, -0.1) is 0 Å². The van der Waals surface area contributed by atoms with E-state index in [1.54, 1.807) is 13.0 Å². The Balaban J connectivity index is 1.97. The highest BCUT2D eigenvalue weighted by Crippen LogP contribution is 2.40. The van der Waals surface area contributed by atoms with Crippen LogP contribution in [0.1, 0.15) is 22.3 Å². The van der Waals surface area contributed by atoms with Crippen molar-refractivity contribution in [2.75, 3.05) is 13.2 Å². The number of benzene rings is 2. The molecule has 6 heteroatoms. The maximum absolute atomic E-state index is 14.9. The van der Waals surface area contributed by atoms with E-state index in [1.807, 2.05) is 0 Å². The predicted octanol–water partition coefficient (Wildman–Crippen LogP) is 2.91. The number of carbonyl (C=O) groups is 1. The van der Waals surface area contributed by atoms with Crippen LogP contribution in [-0.2, 0) is 0 Å². The number of ether oxygens (including phenoxy) is 1. The smallest absolute Gasteiger partial charge is 0.258 e. The Kier molecular flexibility index (Phi) is 3.72. The van der Waals surface area contributed by atoms with Crippen LogP contribution in [-0.4, -0.2) is 41.2 Å². The minimum Gasteiger partial charge on any atom is -0.491 e. The van der Waals surface area contributed by atoms with E-state index in [0.717, 1.165) is 0 Å². The maximum Gasteiger partial charge on any atom is 0.258 e. The Hall–Kier alpha value is -2.47. The SMILES string of the molecule is Cc1cc2c(c(-c3ccccc3F)c1F)C(=O)N1C[C@@H](O)C[C@@H]1CO2. The summed E-state index contributed by atoms with van der Waals surface area (Å²) in [5.41, 5.74) is 0.243. The maximum atomic E-state index is 14.9. The second-order valence-electron chi connectivity index (χ2n) is 6.55. The summed E-state index contributed by atoms with van der Waals surface area (Å²) >= 11 is 0. The van der Waals surface area contributed by atoms with Crippen LogP contribution in [0.4, 0.5) is 8.78 Å². The molecule has 2 aromatic carbocycles. The lowest BCUT2D eigenvalue weighted by Crippen LogP contribution is -2.37. The van der Waals surface area contributed by atoms with Crippen LogP contribution in [0, 0.1) is 18.6 Å². The fraction of sp³-hybridized carbons (Fsp3) is 0.316. The first-order chi connectivity index (χ1) is 12.0. The molecule has 130 valence electrons. The van der Waals surface area contributed by atoms with E-state index >= 15 is 0 Å². The number of aliphatic hydroxyl groups excluding tert-OH is 1. The van der Waals surface area contributed by atoms with E-state index in [-0.39, 0.29) is 47.2 Å². The minimum absolute atomic E-state index is 0.0183. The molecule has 25 heavy (non-hydrogen) atoms. The molecule has 0 spiro atoms. The van der Waals surface area contributed by atoms with Crippen molar-refractivity contribution in [3.05, 3.63) is 53.1 Å². The summed E-state index contributed by atoms with van der Waals surface area (Å²) in [5, 5.41) is 9.86. The van der Waals surface area contributed by atoms with Crippen molar-refractivity contribution >= 4 is 5.91 Å².